The Kier molecular flexibility index (Phi) is 6.74. The number of pyridine rings is 1. The monoisotopic (exact) mass is 651 g/mol. The fourth-order valence-electron chi connectivity index (χ4n) is 7.10. The molecule has 0 aliphatic heterocycles. The van der Waals surface area contributed by atoms with Crippen LogP contribution in [-0.2, 0) is 0 Å². The molecule has 4 heterocycles. The Balaban J connectivity index is 1.05. The standard InChI is InChI=1S/C46H29N5/c1-4-11-30(12-5-1)31-19-23-35(24-20-31)45-48-44(34-15-8-3-9-16-34)49-46(50-45)36-25-21-32(22-26-36)37-27-28-38-39(29-37)43-42(33-13-6-2-7-14-33)47-41-18-10-17-40(38)51(41)43/h1-29H. The summed E-state index contributed by atoms with van der Waals surface area (Å²) >= 11 is 0. The van der Waals surface area contributed by atoms with E-state index in [2.05, 4.69) is 138 Å². The number of hydrogen-bond acceptors (Lipinski definition) is 4. The molecule has 238 valence electrons. The summed E-state index contributed by atoms with van der Waals surface area (Å²) in [5.41, 5.74) is 12.8. The van der Waals surface area contributed by atoms with Gasteiger partial charge in [-0.1, -0.05) is 158 Å². The van der Waals surface area contributed by atoms with Crippen LogP contribution in [0.4, 0.5) is 0 Å². The van der Waals surface area contributed by atoms with Crippen LogP contribution in [0, 0.1) is 0 Å². The molecule has 10 rings (SSSR count). The molecular weight excluding hydrogens is 623 g/mol. The van der Waals surface area contributed by atoms with Crippen molar-refractivity contribution in [3.05, 3.63) is 176 Å². The van der Waals surface area contributed by atoms with Crippen molar-refractivity contribution >= 4 is 27.5 Å². The number of fused-ring (bicyclic) bond motifs is 3. The molecule has 10 aromatic rings. The lowest BCUT2D eigenvalue weighted by Crippen LogP contribution is -2.00. The fraction of sp³-hybridized carbons (Fsp3) is 0. The van der Waals surface area contributed by atoms with Gasteiger partial charge in [-0.25, -0.2) is 19.9 Å². The maximum absolute atomic E-state index is 5.06. The van der Waals surface area contributed by atoms with Gasteiger partial charge < -0.3 is 0 Å². The first-order valence-electron chi connectivity index (χ1n) is 17.1. The van der Waals surface area contributed by atoms with E-state index in [4.69, 9.17) is 19.9 Å². The highest BCUT2D eigenvalue weighted by atomic mass is 15.0. The Labute approximate surface area is 294 Å². The van der Waals surface area contributed by atoms with E-state index in [9.17, 15) is 0 Å². The van der Waals surface area contributed by atoms with Gasteiger partial charge in [-0.15, -0.1) is 0 Å². The van der Waals surface area contributed by atoms with Crippen LogP contribution in [0.2, 0.25) is 0 Å². The van der Waals surface area contributed by atoms with Gasteiger partial charge in [0.05, 0.1) is 16.7 Å². The van der Waals surface area contributed by atoms with E-state index in [1.54, 1.807) is 0 Å². The third-order valence-electron chi connectivity index (χ3n) is 9.64. The Hall–Kier alpha value is -6.98. The molecule has 0 aliphatic rings. The zero-order valence-corrected chi connectivity index (χ0v) is 27.5. The Morgan fingerprint density at radius 3 is 1.35 bits per heavy atom. The molecule has 5 nitrogen and oxygen atoms in total. The third kappa shape index (κ3) is 5.03. The van der Waals surface area contributed by atoms with Gasteiger partial charge in [-0.2, -0.15) is 0 Å². The molecule has 0 saturated carbocycles. The van der Waals surface area contributed by atoms with E-state index < -0.39 is 0 Å². The van der Waals surface area contributed by atoms with Gasteiger partial charge in [0.15, 0.2) is 17.5 Å². The second-order valence-electron chi connectivity index (χ2n) is 12.7. The lowest BCUT2D eigenvalue weighted by atomic mass is 10.00. The molecule has 0 aliphatic carbocycles. The van der Waals surface area contributed by atoms with Gasteiger partial charge in [0.1, 0.15) is 5.65 Å². The minimum absolute atomic E-state index is 0.635. The topological polar surface area (TPSA) is 56.0 Å². The highest BCUT2D eigenvalue weighted by Crippen LogP contribution is 2.39. The number of nitrogens with zero attached hydrogens (tertiary/aromatic N) is 5. The summed E-state index contributed by atoms with van der Waals surface area (Å²) in [6, 6.07) is 61.0. The molecule has 5 heteroatoms. The van der Waals surface area contributed by atoms with Crippen LogP contribution in [-0.4, -0.2) is 24.3 Å². The molecule has 51 heavy (non-hydrogen) atoms. The highest BCUT2D eigenvalue weighted by molar-refractivity contribution is 6.14. The van der Waals surface area contributed by atoms with Crippen molar-refractivity contribution in [3.63, 3.8) is 0 Å². The summed E-state index contributed by atoms with van der Waals surface area (Å²) in [6.07, 6.45) is 0. The Morgan fingerprint density at radius 2 is 0.765 bits per heavy atom. The number of imidazole rings is 1. The van der Waals surface area contributed by atoms with Crippen LogP contribution in [0.5, 0.6) is 0 Å². The maximum atomic E-state index is 5.06. The van der Waals surface area contributed by atoms with Crippen molar-refractivity contribution in [3.8, 4) is 67.7 Å². The van der Waals surface area contributed by atoms with Gasteiger partial charge in [0, 0.05) is 33.0 Å². The van der Waals surface area contributed by atoms with Gasteiger partial charge in [0.25, 0.3) is 0 Å². The predicted molar refractivity (Wildman–Crippen MR) is 207 cm³/mol. The lowest BCUT2D eigenvalue weighted by molar-refractivity contribution is 1.07. The van der Waals surface area contributed by atoms with Crippen LogP contribution >= 0.6 is 0 Å². The van der Waals surface area contributed by atoms with E-state index in [0.29, 0.717) is 17.5 Å². The molecule has 0 bridgehead atoms. The molecular formula is C46H29N5. The van der Waals surface area contributed by atoms with Gasteiger partial charge in [-0.05, 0) is 40.5 Å². The number of rotatable bonds is 6. The second-order valence-corrected chi connectivity index (χ2v) is 12.7. The van der Waals surface area contributed by atoms with Crippen molar-refractivity contribution in [2.75, 3.05) is 0 Å². The van der Waals surface area contributed by atoms with Crippen molar-refractivity contribution in [2.45, 2.75) is 0 Å². The summed E-state index contributed by atoms with van der Waals surface area (Å²) in [5, 5.41) is 2.41. The van der Waals surface area contributed by atoms with Crippen molar-refractivity contribution in [2.24, 2.45) is 0 Å². The first-order valence-corrected chi connectivity index (χ1v) is 17.1. The predicted octanol–water partition coefficient (Wildman–Crippen LogP) is 11.3. The van der Waals surface area contributed by atoms with E-state index in [-0.39, 0.29) is 0 Å². The van der Waals surface area contributed by atoms with E-state index in [1.165, 1.54) is 21.9 Å². The van der Waals surface area contributed by atoms with Crippen LogP contribution in [0.15, 0.2) is 176 Å². The maximum Gasteiger partial charge on any atom is 0.164 e. The number of benzene rings is 6. The van der Waals surface area contributed by atoms with Crippen LogP contribution in [0.25, 0.3) is 95.1 Å². The molecule has 4 aromatic heterocycles. The van der Waals surface area contributed by atoms with Crippen LogP contribution in [0.1, 0.15) is 0 Å². The van der Waals surface area contributed by atoms with Crippen molar-refractivity contribution in [1.82, 2.24) is 24.3 Å². The van der Waals surface area contributed by atoms with Gasteiger partial charge >= 0.3 is 0 Å². The van der Waals surface area contributed by atoms with Crippen molar-refractivity contribution in [1.29, 1.82) is 0 Å². The Bertz CT molecular complexity index is 2810. The summed E-state index contributed by atoms with van der Waals surface area (Å²) < 4.78 is 2.29. The minimum atomic E-state index is 0.635. The summed E-state index contributed by atoms with van der Waals surface area (Å²) in [6.45, 7) is 0. The number of hydrogen-bond donors (Lipinski definition) is 0. The van der Waals surface area contributed by atoms with Gasteiger partial charge in [0.2, 0.25) is 0 Å². The molecule has 6 aromatic carbocycles. The average molecular weight is 652 g/mol. The van der Waals surface area contributed by atoms with E-state index in [0.717, 1.165) is 55.8 Å². The largest absolute Gasteiger partial charge is 0.292 e. The van der Waals surface area contributed by atoms with E-state index >= 15 is 0 Å². The average Bonchev–Trinajstić information content (AvgIpc) is 3.77. The summed E-state index contributed by atoms with van der Waals surface area (Å²) in [7, 11) is 0. The molecule has 0 amide bonds. The SMILES string of the molecule is c1ccc(-c2ccc(-c3nc(-c4ccccc4)nc(-c4ccc(-c5ccc6c(c5)c5c(-c7ccccc7)nc7cccc6n75)cc4)n3)cc2)cc1. The van der Waals surface area contributed by atoms with Gasteiger partial charge in [-0.3, -0.25) is 4.40 Å². The molecule has 0 N–H and O–H groups in total. The fourth-order valence-corrected chi connectivity index (χ4v) is 7.10. The molecule has 0 atom stereocenters. The molecule has 0 fully saturated rings. The quantitative estimate of drug-likeness (QED) is 0.180. The van der Waals surface area contributed by atoms with Crippen molar-refractivity contribution < 1.29 is 0 Å². The first-order chi connectivity index (χ1) is 25.3. The normalized spacial score (nSPS) is 11.5. The molecule has 0 radical (unpaired) electrons. The molecule has 0 saturated heterocycles. The zero-order valence-electron chi connectivity index (χ0n) is 27.5. The van der Waals surface area contributed by atoms with E-state index in [1.807, 2.05) is 42.5 Å². The second kappa shape index (κ2) is 11.9. The number of aromatic nitrogens is 5. The summed E-state index contributed by atoms with van der Waals surface area (Å²) in [5.74, 6) is 1.92. The molecule has 0 spiro atoms. The zero-order chi connectivity index (χ0) is 33.7. The lowest BCUT2D eigenvalue weighted by Gasteiger charge is -2.10. The summed E-state index contributed by atoms with van der Waals surface area (Å²) in [4.78, 5) is 19.9. The highest BCUT2D eigenvalue weighted by Gasteiger charge is 2.19. The smallest absolute Gasteiger partial charge is 0.164 e. The molecule has 0 unspecified atom stereocenters. The minimum Gasteiger partial charge on any atom is -0.292 e. The van der Waals surface area contributed by atoms with Crippen LogP contribution in [0.3, 0.4) is 0 Å². The Morgan fingerprint density at radius 1 is 0.314 bits per heavy atom. The first kappa shape index (κ1) is 29.0. The third-order valence-corrected chi connectivity index (χ3v) is 9.64. The van der Waals surface area contributed by atoms with Crippen LogP contribution < -0.4 is 0 Å².